The molecule has 0 spiro atoms. The Kier molecular flexibility index (Phi) is 7.42. The van der Waals surface area contributed by atoms with Crippen LogP contribution in [0.3, 0.4) is 0 Å². The van der Waals surface area contributed by atoms with Gasteiger partial charge < -0.3 is 4.42 Å². The van der Waals surface area contributed by atoms with Crippen molar-refractivity contribution in [3.63, 3.8) is 0 Å². The van der Waals surface area contributed by atoms with E-state index in [1.807, 2.05) is 0 Å². The third kappa shape index (κ3) is 7.98. The summed E-state index contributed by atoms with van der Waals surface area (Å²) in [6.07, 6.45) is 0. The van der Waals surface area contributed by atoms with Crippen LogP contribution >= 0.6 is 0 Å². The van der Waals surface area contributed by atoms with Crippen LogP contribution in [-0.2, 0) is 5.41 Å². The van der Waals surface area contributed by atoms with E-state index in [9.17, 15) is 11.0 Å². The van der Waals surface area contributed by atoms with Crippen molar-refractivity contribution in [3.05, 3.63) is 326 Å². The minimum atomic E-state index is -1.02. The monoisotopic (exact) mass is 1190 g/mol. The van der Waals surface area contributed by atoms with Gasteiger partial charge in [-0.1, -0.05) is 298 Å². The van der Waals surface area contributed by atoms with Crippen LogP contribution in [0.5, 0.6) is 0 Å². The van der Waals surface area contributed by atoms with Gasteiger partial charge in [-0.3, -0.25) is 0 Å². The maximum atomic E-state index is 9.54. The Morgan fingerprint density at radius 1 is 0.261 bits per heavy atom. The van der Waals surface area contributed by atoms with Crippen LogP contribution in [0.25, 0.3) is 186 Å². The molecular formula is C91H58O. The highest BCUT2D eigenvalue weighted by Gasteiger charge is 2.36. The lowest BCUT2D eigenvalue weighted by atomic mass is 9.80. The Bertz CT molecular complexity index is 7550. The molecule has 0 unspecified atom stereocenters. The van der Waals surface area contributed by atoms with Gasteiger partial charge in [-0.15, -0.1) is 0 Å². The van der Waals surface area contributed by atoms with E-state index in [0.29, 0.717) is 0 Å². The van der Waals surface area contributed by atoms with E-state index >= 15 is 0 Å². The summed E-state index contributed by atoms with van der Waals surface area (Å²) >= 11 is 0. The van der Waals surface area contributed by atoms with E-state index in [1.54, 1.807) is 0 Å². The molecule has 0 amide bonds. The molecule has 0 aliphatic heterocycles. The summed E-state index contributed by atoms with van der Waals surface area (Å²) in [5, 5.41) is 12.4. The average Bonchev–Trinajstić information content (AvgIpc) is 0.771. The largest absolute Gasteiger partial charge is 0.456 e. The molecule has 1 heteroatoms. The highest BCUT2D eigenvalue weighted by Crippen LogP contribution is 2.52. The van der Waals surface area contributed by atoms with Crippen molar-refractivity contribution in [2.75, 3.05) is 0 Å². The zero-order valence-electron chi connectivity index (χ0n) is 73.1. The highest BCUT2D eigenvalue weighted by atomic mass is 16.3. The molecule has 1 aromatic heterocycles. The predicted molar refractivity (Wildman–Crippen MR) is 393 cm³/mol. The summed E-state index contributed by atoms with van der Waals surface area (Å²) in [6, 6.07) is 42.9. The molecule has 0 saturated carbocycles. The van der Waals surface area contributed by atoms with Crippen molar-refractivity contribution in [1.82, 2.24) is 0 Å². The first kappa shape index (κ1) is 33.8. The van der Waals surface area contributed by atoms with Crippen LogP contribution in [0, 0.1) is 0 Å². The fourth-order valence-corrected chi connectivity index (χ4v) is 14.4. The number of benzene rings is 18. The Hall–Kier alpha value is -11.6. The molecule has 0 atom stereocenters. The first-order valence-corrected chi connectivity index (χ1v) is 30.2. The molecule has 1 heterocycles. The van der Waals surface area contributed by atoms with Gasteiger partial charge in [0.05, 0.1) is 32.9 Å². The smallest absolute Gasteiger partial charge is 0.135 e. The van der Waals surface area contributed by atoms with E-state index in [1.165, 1.54) is 120 Å². The van der Waals surface area contributed by atoms with Gasteiger partial charge in [0.15, 0.2) is 0 Å². The second kappa shape index (κ2) is 20.2. The van der Waals surface area contributed by atoms with E-state index in [0.717, 1.165) is 0 Å². The fraction of sp³-hybridized carbons (Fsp3) is 0.0330. The summed E-state index contributed by atoms with van der Waals surface area (Å²) < 4.78 is 217. The standard InChI is InChI=1S/C53H34.C38H24O/c1-53(2)47-29-39(31-9-11-32(12-10-31)41-23-17-37-15-13-33-5-3-7-35-19-27-45(41)51(37)49(33)35)21-25-43(47)44-26-22-40(30-48(44)53)42-24-18-38-16-14-34-6-4-8-36-20-28-46(42)52(38)50(34)36;1-2-10-25(11-3-1)26-18-20-27(21-19-26)37-30-13-4-6-15-32(30)38(33-16-7-5-14-31(33)37)28-22-23-36-34(24-28)29-12-8-9-17-35(29)39-36/h3-30H,1-2H3;1-24H/i;1D,2D,3D,4D,5D,6D,7D,8D,9D,10D,11D,12D,13D,14D,15D,16D,17D,18D,19D,20D,21D,22D,23D,24D. The quantitative estimate of drug-likeness (QED) is 0.119. The van der Waals surface area contributed by atoms with Gasteiger partial charge in [0.1, 0.15) is 11.2 Å². The summed E-state index contributed by atoms with van der Waals surface area (Å²) in [5.41, 5.74) is 7.68. The SMILES string of the molecule is CC1(C)c2cc(-c3ccc(-c4ccc5ccc6cccc7ccc4c5c67)cc3)ccc2-c2ccc(-c3ccc4ccc5cccc6ccc3c4c56)cc21.[2H]c1c([2H])c([2H])c(-c2c([2H])c([2H])c(-c3c4c([2H])c([2H])c([2H])c([2H])c4c(-c4c([2H])c([2H])c5oc6c([2H])c([2H])c([2H])c([2H])c6c5c4[2H])c4c([2H])c([2H])c([2H])c([2H])c34)c([2H])c2[2H])c([2H])c1[2H]. The van der Waals surface area contributed by atoms with Crippen molar-refractivity contribution < 1.29 is 37.3 Å². The highest BCUT2D eigenvalue weighted by molar-refractivity contribution is 6.27. The minimum Gasteiger partial charge on any atom is -0.456 e. The lowest BCUT2D eigenvalue weighted by Crippen LogP contribution is -2.15. The van der Waals surface area contributed by atoms with Gasteiger partial charge in [-0.25, -0.2) is 0 Å². The molecule has 92 heavy (non-hydrogen) atoms. The van der Waals surface area contributed by atoms with Crippen LogP contribution in [0.15, 0.2) is 319 Å². The van der Waals surface area contributed by atoms with Crippen molar-refractivity contribution in [2.45, 2.75) is 19.3 Å². The van der Waals surface area contributed by atoms with E-state index < -0.39 is 222 Å². The molecule has 0 fully saturated rings. The first-order valence-electron chi connectivity index (χ1n) is 42.2. The van der Waals surface area contributed by atoms with E-state index in [-0.39, 0.29) is 5.41 Å². The lowest BCUT2D eigenvalue weighted by molar-refractivity contribution is 0.661. The molecule has 0 bridgehead atoms. The third-order valence-corrected chi connectivity index (χ3v) is 18.7. The van der Waals surface area contributed by atoms with Crippen LogP contribution < -0.4 is 0 Å². The molecule has 0 radical (unpaired) electrons. The van der Waals surface area contributed by atoms with Gasteiger partial charge >= 0.3 is 0 Å². The van der Waals surface area contributed by atoms with Gasteiger partial charge in [0, 0.05) is 16.2 Å². The number of fused-ring (bicyclic) bond motifs is 8. The summed E-state index contributed by atoms with van der Waals surface area (Å²) in [6.45, 7) is 4.79. The van der Waals surface area contributed by atoms with Crippen LogP contribution in [0.2, 0.25) is 0 Å². The van der Waals surface area contributed by atoms with Crippen LogP contribution in [-0.4, -0.2) is 0 Å². The third-order valence-electron chi connectivity index (χ3n) is 18.7. The van der Waals surface area contributed by atoms with E-state index in [4.69, 9.17) is 26.3 Å². The van der Waals surface area contributed by atoms with Gasteiger partial charge in [0.2, 0.25) is 0 Å². The summed E-state index contributed by atoms with van der Waals surface area (Å²) in [7, 11) is 0. The molecule has 20 rings (SSSR count). The molecular weight excluding hydrogens is 1110 g/mol. The number of hydrogen-bond acceptors (Lipinski definition) is 1. The second-order valence-electron chi connectivity index (χ2n) is 23.9. The van der Waals surface area contributed by atoms with E-state index in [2.05, 4.69) is 184 Å². The molecule has 1 aliphatic rings. The van der Waals surface area contributed by atoms with Gasteiger partial charge in [-0.05, 0) is 205 Å². The summed E-state index contributed by atoms with van der Waals surface area (Å²) in [5.74, 6) is 0. The Labute approximate surface area is 566 Å². The van der Waals surface area contributed by atoms with Crippen molar-refractivity contribution in [1.29, 1.82) is 0 Å². The van der Waals surface area contributed by atoms with Crippen molar-refractivity contribution in [3.8, 4) is 77.9 Å². The molecule has 1 nitrogen and oxygen atoms in total. The van der Waals surface area contributed by atoms with Crippen LogP contribution in [0.1, 0.15) is 57.9 Å². The molecule has 0 N–H and O–H groups in total. The maximum Gasteiger partial charge on any atom is 0.135 e. The van der Waals surface area contributed by atoms with Crippen molar-refractivity contribution in [2.24, 2.45) is 0 Å². The topological polar surface area (TPSA) is 13.1 Å². The Balaban J connectivity index is 0.000000157. The Morgan fingerprint density at radius 3 is 1.23 bits per heavy atom. The zero-order valence-corrected chi connectivity index (χ0v) is 49.1. The number of furan rings is 1. The number of rotatable bonds is 6. The lowest BCUT2D eigenvalue weighted by Gasteiger charge is -2.23. The molecule has 18 aromatic carbocycles. The van der Waals surface area contributed by atoms with Crippen molar-refractivity contribution >= 4 is 108 Å². The predicted octanol–water partition coefficient (Wildman–Crippen LogP) is 25.7. The van der Waals surface area contributed by atoms with Crippen LogP contribution in [0.4, 0.5) is 0 Å². The number of hydrogen-bond donors (Lipinski definition) is 0. The molecule has 428 valence electrons. The second-order valence-corrected chi connectivity index (χ2v) is 23.9. The summed E-state index contributed by atoms with van der Waals surface area (Å²) in [4.78, 5) is 0. The van der Waals surface area contributed by atoms with Gasteiger partial charge in [-0.2, -0.15) is 0 Å². The molecule has 0 saturated heterocycles. The first-order chi connectivity index (χ1) is 55.3. The minimum absolute atomic E-state index is 0.123. The average molecular weight is 1190 g/mol. The maximum absolute atomic E-state index is 9.54. The molecule has 19 aromatic rings. The normalized spacial score (nSPS) is 16.4. The van der Waals surface area contributed by atoms with Gasteiger partial charge in [0.25, 0.3) is 0 Å². The number of para-hydroxylation sites is 1. The fourth-order valence-electron chi connectivity index (χ4n) is 14.4. The molecule has 1 aliphatic carbocycles. The Morgan fingerprint density at radius 2 is 0.652 bits per heavy atom. The zero-order chi connectivity index (χ0) is 81.6.